The van der Waals surface area contributed by atoms with E-state index in [4.69, 9.17) is 12.2 Å². The minimum atomic E-state index is -2.05. The van der Waals surface area contributed by atoms with Gasteiger partial charge in [-0.3, -0.25) is 5.43 Å². The molecular formula is C8H11N2OPS. The lowest BCUT2D eigenvalue weighted by Gasteiger charge is -2.04. The summed E-state index contributed by atoms with van der Waals surface area (Å²) in [6.07, 6.45) is 0. The van der Waals surface area contributed by atoms with Gasteiger partial charge in [-0.15, -0.1) is 0 Å². The van der Waals surface area contributed by atoms with Crippen LogP contribution in [0.1, 0.15) is 5.56 Å². The molecule has 0 aliphatic carbocycles. The molecule has 0 fully saturated rings. The molecule has 0 aliphatic rings. The van der Waals surface area contributed by atoms with E-state index in [-0.39, 0.29) is 0 Å². The summed E-state index contributed by atoms with van der Waals surface area (Å²) < 4.78 is 11.9. The number of hydrogen-bond acceptors (Lipinski definition) is 3. The molecule has 0 radical (unpaired) electrons. The highest BCUT2D eigenvalue weighted by atomic mass is 32.1. The maximum atomic E-state index is 11.4. The van der Waals surface area contributed by atoms with E-state index in [0.717, 1.165) is 5.56 Å². The van der Waals surface area contributed by atoms with Crippen LogP contribution in [0.15, 0.2) is 30.3 Å². The first-order chi connectivity index (χ1) is 6.25. The maximum Gasteiger partial charge on any atom is 0.188 e. The topological polar surface area (TPSA) is 41.1 Å². The molecule has 0 bridgehead atoms. The summed E-state index contributed by atoms with van der Waals surface area (Å²) in [6, 6.07) is 9.34. The first-order valence-corrected chi connectivity index (χ1v) is 5.64. The molecule has 70 valence electrons. The van der Waals surface area contributed by atoms with Crippen LogP contribution in [0, 0.1) is 0 Å². The van der Waals surface area contributed by atoms with Crippen molar-refractivity contribution in [2.45, 2.75) is 0 Å². The highest BCUT2D eigenvalue weighted by Gasteiger charge is 2.06. The summed E-state index contributed by atoms with van der Waals surface area (Å²) in [6.45, 7) is 0. The van der Waals surface area contributed by atoms with E-state index < -0.39 is 7.95 Å². The Bertz CT molecular complexity index is 315. The zero-order valence-corrected chi connectivity index (χ0v) is 9.02. The van der Waals surface area contributed by atoms with Crippen LogP contribution in [0.5, 0.6) is 0 Å². The molecule has 1 aromatic rings. The van der Waals surface area contributed by atoms with E-state index in [0.29, 0.717) is 4.61 Å². The minimum absolute atomic E-state index is 0.472. The van der Waals surface area contributed by atoms with Crippen LogP contribution < -0.4 is 10.6 Å². The summed E-state index contributed by atoms with van der Waals surface area (Å²) in [5.74, 6) is 0. The van der Waals surface area contributed by atoms with Crippen molar-refractivity contribution in [1.82, 2.24) is 10.6 Å². The van der Waals surface area contributed by atoms with Crippen molar-refractivity contribution in [3.8, 4) is 0 Å². The minimum Gasteiger partial charge on any atom is -0.303 e. The van der Waals surface area contributed by atoms with Crippen LogP contribution in [-0.4, -0.2) is 11.7 Å². The van der Waals surface area contributed by atoms with Gasteiger partial charge in [-0.1, -0.05) is 42.5 Å². The summed E-state index contributed by atoms with van der Waals surface area (Å²) in [5.41, 5.74) is 3.45. The highest BCUT2D eigenvalue weighted by Crippen LogP contribution is 2.22. The molecule has 0 spiro atoms. The van der Waals surface area contributed by atoms with Gasteiger partial charge in [0.2, 0.25) is 0 Å². The van der Waals surface area contributed by atoms with Gasteiger partial charge in [-0.05, 0) is 12.6 Å². The Morgan fingerprint density at radius 2 is 2.00 bits per heavy atom. The van der Waals surface area contributed by atoms with Crippen LogP contribution in [-0.2, 0) is 4.57 Å². The van der Waals surface area contributed by atoms with Crippen molar-refractivity contribution in [3.05, 3.63) is 35.9 Å². The molecule has 0 amide bonds. The average molecular weight is 214 g/mol. The fraction of sp³-hybridized carbons (Fsp3) is 0.125. The molecule has 5 heteroatoms. The molecule has 1 rings (SSSR count). The van der Waals surface area contributed by atoms with E-state index in [1.54, 1.807) is 7.05 Å². The molecule has 0 saturated heterocycles. The summed E-state index contributed by atoms with van der Waals surface area (Å²) in [4.78, 5) is 0. The smallest absolute Gasteiger partial charge is 0.188 e. The SMILES string of the molecule is CNN[PH](=O)C(=S)c1ccccc1. The molecule has 1 aromatic carbocycles. The summed E-state index contributed by atoms with van der Waals surface area (Å²) in [5, 5.41) is 2.60. The molecule has 3 nitrogen and oxygen atoms in total. The molecular weight excluding hydrogens is 203 g/mol. The van der Waals surface area contributed by atoms with E-state index in [2.05, 4.69) is 10.6 Å². The largest absolute Gasteiger partial charge is 0.303 e. The molecule has 1 unspecified atom stereocenters. The quantitative estimate of drug-likeness (QED) is 0.453. The van der Waals surface area contributed by atoms with Gasteiger partial charge in [-0.2, -0.15) is 0 Å². The monoisotopic (exact) mass is 214 g/mol. The molecule has 0 heterocycles. The lowest BCUT2D eigenvalue weighted by molar-refractivity contribution is 0.580. The Kier molecular flexibility index (Phi) is 4.25. The van der Waals surface area contributed by atoms with E-state index in [1.807, 2.05) is 30.3 Å². The molecule has 0 aromatic heterocycles. The van der Waals surface area contributed by atoms with Crippen LogP contribution in [0.3, 0.4) is 0 Å². The third-order valence-corrected chi connectivity index (χ3v) is 3.45. The van der Waals surface area contributed by atoms with Crippen molar-refractivity contribution in [2.24, 2.45) is 0 Å². The van der Waals surface area contributed by atoms with Crippen molar-refractivity contribution in [1.29, 1.82) is 0 Å². The fourth-order valence-electron chi connectivity index (χ4n) is 0.891. The second-order valence-corrected chi connectivity index (χ2v) is 4.58. The van der Waals surface area contributed by atoms with E-state index in [1.165, 1.54) is 0 Å². The predicted molar refractivity (Wildman–Crippen MR) is 59.3 cm³/mol. The first-order valence-electron chi connectivity index (χ1n) is 3.82. The zero-order valence-electron chi connectivity index (χ0n) is 7.20. The Labute approximate surface area is 83.4 Å². The number of thiocarbonyl (C=S) groups is 1. The van der Waals surface area contributed by atoms with Gasteiger partial charge in [-0.25, -0.2) is 5.20 Å². The van der Waals surface area contributed by atoms with Gasteiger partial charge in [0.25, 0.3) is 0 Å². The standard InChI is InChI=1S/C8H11N2OPS/c1-9-10-12(11)8(13)7-5-3-2-4-6-7/h2-6,9,12H,1H3,(H,10,11). The zero-order chi connectivity index (χ0) is 9.68. The number of rotatable bonds is 4. The van der Waals surface area contributed by atoms with Crippen molar-refractivity contribution in [3.63, 3.8) is 0 Å². The number of nitrogens with one attached hydrogen (secondary N) is 2. The lowest BCUT2D eigenvalue weighted by Crippen LogP contribution is -2.21. The van der Waals surface area contributed by atoms with Crippen molar-refractivity contribution >= 4 is 24.8 Å². The second-order valence-electron chi connectivity index (χ2n) is 2.40. The summed E-state index contributed by atoms with van der Waals surface area (Å²) >= 11 is 5.04. The Hall–Kier alpha value is -0.540. The molecule has 1 atom stereocenters. The van der Waals surface area contributed by atoms with E-state index >= 15 is 0 Å². The maximum absolute atomic E-state index is 11.4. The highest BCUT2D eigenvalue weighted by molar-refractivity contribution is 7.95. The fourth-order valence-corrected chi connectivity index (χ4v) is 1.95. The lowest BCUT2D eigenvalue weighted by atomic mass is 10.2. The van der Waals surface area contributed by atoms with Crippen LogP contribution in [0.25, 0.3) is 0 Å². The van der Waals surface area contributed by atoms with Crippen LogP contribution in [0.2, 0.25) is 0 Å². The van der Waals surface area contributed by atoms with Crippen molar-refractivity contribution < 1.29 is 4.57 Å². The third-order valence-electron chi connectivity index (χ3n) is 1.48. The Morgan fingerprint density at radius 1 is 1.38 bits per heavy atom. The molecule has 13 heavy (non-hydrogen) atoms. The van der Waals surface area contributed by atoms with Gasteiger partial charge >= 0.3 is 0 Å². The van der Waals surface area contributed by atoms with Gasteiger partial charge in [0.15, 0.2) is 7.95 Å². The third kappa shape index (κ3) is 3.01. The molecule has 0 saturated carbocycles. The van der Waals surface area contributed by atoms with Gasteiger partial charge in [0, 0.05) is 0 Å². The van der Waals surface area contributed by atoms with E-state index in [9.17, 15) is 4.57 Å². The van der Waals surface area contributed by atoms with Gasteiger partial charge in [0.05, 0.1) is 4.61 Å². The number of benzene rings is 1. The predicted octanol–water partition coefficient (Wildman–Crippen LogP) is 1.56. The van der Waals surface area contributed by atoms with Crippen LogP contribution >= 0.6 is 20.2 Å². The van der Waals surface area contributed by atoms with Crippen molar-refractivity contribution in [2.75, 3.05) is 7.05 Å². The second kappa shape index (κ2) is 5.25. The number of hydrogen-bond donors (Lipinski definition) is 2. The van der Waals surface area contributed by atoms with Gasteiger partial charge < -0.3 is 4.57 Å². The first kappa shape index (κ1) is 10.5. The average Bonchev–Trinajstić information content (AvgIpc) is 2.18. The van der Waals surface area contributed by atoms with Crippen LogP contribution in [0.4, 0.5) is 0 Å². The Balaban J connectivity index is 2.74. The van der Waals surface area contributed by atoms with Gasteiger partial charge in [0.1, 0.15) is 0 Å². The number of hydrazine groups is 1. The molecule has 0 aliphatic heterocycles. The molecule has 2 N–H and O–H groups in total. The normalized spacial score (nSPS) is 12.4. The summed E-state index contributed by atoms with van der Waals surface area (Å²) in [7, 11) is -0.387. The Morgan fingerprint density at radius 3 is 2.54 bits per heavy atom.